The minimum absolute atomic E-state index is 0.114. The van der Waals surface area contributed by atoms with Crippen LogP contribution in [0.2, 0.25) is 0 Å². The molecule has 0 radical (unpaired) electrons. The highest BCUT2D eigenvalue weighted by Gasteiger charge is 2.25. The van der Waals surface area contributed by atoms with Crippen LogP contribution in [0.5, 0.6) is 0 Å². The SMILES string of the molecule is C=CC(=O)N1CCCc2c(C(=O)NCc3nnc4c(=O)[nH]ccn34)cccc21. The van der Waals surface area contributed by atoms with Crippen LogP contribution >= 0.6 is 0 Å². The molecule has 0 atom stereocenters. The van der Waals surface area contributed by atoms with Gasteiger partial charge >= 0.3 is 0 Å². The van der Waals surface area contributed by atoms with Gasteiger partial charge in [-0.3, -0.25) is 18.8 Å². The lowest BCUT2D eigenvalue weighted by atomic mass is 9.95. The fraction of sp³-hybridized carbons (Fsp3) is 0.211. The van der Waals surface area contributed by atoms with Gasteiger partial charge in [-0.2, -0.15) is 0 Å². The van der Waals surface area contributed by atoms with Crippen molar-refractivity contribution in [3.63, 3.8) is 0 Å². The van der Waals surface area contributed by atoms with Crippen molar-refractivity contribution >= 4 is 23.1 Å². The van der Waals surface area contributed by atoms with Crippen LogP contribution in [0, 0.1) is 0 Å². The smallest absolute Gasteiger partial charge is 0.293 e. The normalized spacial score (nSPS) is 13.2. The number of hydrogen-bond donors (Lipinski definition) is 2. The predicted octanol–water partition coefficient (Wildman–Crippen LogP) is 0.813. The van der Waals surface area contributed by atoms with E-state index in [9.17, 15) is 14.4 Å². The highest BCUT2D eigenvalue weighted by molar-refractivity contribution is 6.04. The van der Waals surface area contributed by atoms with E-state index in [1.54, 1.807) is 23.2 Å². The van der Waals surface area contributed by atoms with Gasteiger partial charge in [0, 0.05) is 30.2 Å². The lowest BCUT2D eigenvalue weighted by molar-refractivity contribution is -0.114. The van der Waals surface area contributed by atoms with Crippen molar-refractivity contribution in [3.05, 3.63) is 70.6 Å². The number of aromatic nitrogens is 4. The number of fused-ring (bicyclic) bond motifs is 2. The quantitative estimate of drug-likeness (QED) is 0.653. The first kappa shape index (κ1) is 17.7. The minimum atomic E-state index is -0.350. The van der Waals surface area contributed by atoms with Gasteiger partial charge in [0.15, 0.2) is 5.82 Å². The Morgan fingerprint density at radius 2 is 2.18 bits per heavy atom. The second-order valence-corrected chi connectivity index (χ2v) is 6.38. The second-order valence-electron chi connectivity index (χ2n) is 6.38. The van der Waals surface area contributed by atoms with Crippen molar-refractivity contribution in [2.75, 3.05) is 11.4 Å². The van der Waals surface area contributed by atoms with Gasteiger partial charge in [-0.1, -0.05) is 12.6 Å². The maximum absolute atomic E-state index is 12.8. The maximum atomic E-state index is 12.8. The Kier molecular flexibility index (Phi) is 4.48. The monoisotopic (exact) mass is 378 g/mol. The molecule has 2 amide bonds. The number of nitrogens with zero attached hydrogens (tertiary/aromatic N) is 4. The summed E-state index contributed by atoms with van der Waals surface area (Å²) in [5.74, 6) is -0.00675. The van der Waals surface area contributed by atoms with Crippen LogP contribution in [0.25, 0.3) is 5.65 Å². The molecular formula is C19H18N6O3. The van der Waals surface area contributed by atoms with Gasteiger partial charge in [0.05, 0.1) is 6.54 Å². The van der Waals surface area contributed by atoms with E-state index in [1.165, 1.54) is 16.7 Å². The first-order chi connectivity index (χ1) is 13.6. The van der Waals surface area contributed by atoms with Crippen molar-refractivity contribution in [1.82, 2.24) is 24.9 Å². The molecule has 0 saturated carbocycles. The number of carbonyl (C=O) groups is 2. The van der Waals surface area contributed by atoms with Gasteiger partial charge in [0.2, 0.25) is 11.6 Å². The van der Waals surface area contributed by atoms with Gasteiger partial charge in [-0.25, -0.2) is 0 Å². The number of carbonyl (C=O) groups excluding carboxylic acids is 2. The summed E-state index contributed by atoms with van der Waals surface area (Å²) in [6, 6.07) is 5.34. The molecule has 1 aliphatic heterocycles. The molecule has 28 heavy (non-hydrogen) atoms. The fourth-order valence-electron chi connectivity index (χ4n) is 3.44. The maximum Gasteiger partial charge on any atom is 0.293 e. The van der Waals surface area contributed by atoms with Crippen molar-refractivity contribution < 1.29 is 9.59 Å². The molecule has 3 heterocycles. The van der Waals surface area contributed by atoms with Crippen molar-refractivity contribution in [1.29, 1.82) is 0 Å². The van der Waals surface area contributed by atoms with Crippen LogP contribution in [0.3, 0.4) is 0 Å². The van der Waals surface area contributed by atoms with Crippen molar-refractivity contribution in [2.45, 2.75) is 19.4 Å². The van der Waals surface area contributed by atoms with Crippen LogP contribution in [-0.2, 0) is 17.8 Å². The van der Waals surface area contributed by atoms with E-state index in [1.807, 2.05) is 6.07 Å². The summed E-state index contributed by atoms with van der Waals surface area (Å²) in [7, 11) is 0. The average Bonchev–Trinajstić information content (AvgIpc) is 3.15. The van der Waals surface area contributed by atoms with Gasteiger partial charge in [-0.05, 0) is 36.6 Å². The van der Waals surface area contributed by atoms with Crippen molar-refractivity contribution in [2.24, 2.45) is 0 Å². The first-order valence-corrected chi connectivity index (χ1v) is 8.85. The van der Waals surface area contributed by atoms with E-state index < -0.39 is 0 Å². The van der Waals surface area contributed by atoms with E-state index in [4.69, 9.17) is 0 Å². The summed E-state index contributed by atoms with van der Waals surface area (Å²) in [5.41, 5.74) is 1.91. The highest BCUT2D eigenvalue weighted by Crippen LogP contribution is 2.30. The van der Waals surface area contributed by atoms with Gasteiger partial charge in [0.1, 0.15) is 0 Å². The lowest BCUT2D eigenvalue weighted by Gasteiger charge is -2.29. The molecule has 0 aliphatic carbocycles. The van der Waals surface area contributed by atoms with E-state index in [0.29, 0.717) is 24.4 Å². The zero-order chi connectivity index (χ0) is 19.7. The lowest BCUT2D eigenvalue weighted by Crippen LogP contribution is -2.35. The summed E-state index contributed by atoms with van der Waals surface area (Å²) in [6.45, 7) is 4.26. The first-order valence-electron chi connectivity index (χ1n) is 8.85. The number of anilines is 1. The van der Waals surface area contributed by atoms with Crippen LogP contribution in [-0.4, -0.2) is 37.9 Å². The van der Waals surface area contributed by atoms with Crippen molar-refractivity contribution in [3.8, 4) is 0 Å². The number of amides is 2. The average molecular weight is 378 g/mol. The Hall–Kier alpha value is -3.75. The predicted molar refractivity (Wildman–Crippen MR) is 102 cm³/mol. The third kappa shape index (κ3) is 2.96. The summed E-state index contributed by atoms with van der Waals surface area (Å²) in [5, 5.41) is 10.6. The molecule has 0 spiro atoms. The van der Waals surface area contributed by atoms with Crippen LogP contribution in [0.1, 0.15) is 28.2 Å². The number of nitrogens with one attached hydrogen (secondary N) is 2. The Morgan fingerprint density at radius 1 is 1.32 bits per heavy atom. The summed E-state index contributed by atoms with van der Waals surface area (Å²) in [6.07, 6.45) is 5.88. The molecule has 0 saturated heterocycles. The Labute approximate surface area is 159 Å². The molecule has 2 N–H and O–H groups in total. The highest BCUT2D eigenvalue weighted by atomic mass is 16.2. The zero-order valence-corrected chi connectivity index (χ0v) is 15.0. The molecule has 0 bridgehead atoms. The molecule has 0 unspecified atom stereocenters. The van der Waals surface area contributed by atoms with E-state index in [2.05, 4.69) is 27.1 Å². The van der Waals surface area contributed by atoms with Crippen LogP contribution < -0.4 is 15.8 Å². The third-order valence-electron chi connectivity index (χ3n) is 4.75. The fourth-order valence-corrected chi connectivity index (χ4v) is 3.44. The van der Waals surface area contributed by atoms with Gasteiger partial charge in [0.25, 0.3) is 11.5 Å². The Balaban J connectivity index is 1.59. The molecule has 9 heteroatoms. The van der Waals surface area contributed by atoms with Gasteiger partial charge in [-0.15, -0.1) is 10.2 Å². The molecule has 3 aromatic rings. The number of H-pyrrole nitrogens is 1. The minimum Gasteiger partial charge on any atom is -0.345 e. The molecule has 142 valence electrons. The Morgan fingerprint density at radius 3 is 3.00 bits per heavy atom. The standard InChI is InChI=1S/C19H18N6O3/c1-2-16(26)24-9-4-6-12-13(5-3-7-14(12)24)18(27)21-11-15-22-23-17-19(28)20-8-10-25(15)17/h2-3,5,7-8,10H,1,4,6,9,11H2,(H,20,28)(H,21,27). The molecule has 4 rings (SSSR count). The second kappa shape index (κ2) is 7.10. The van der Waals surface area contributed by atoms with Gasteiger partial charge < -0.3 is 15.2 Å². The van der Waals surface area contributed by atoms with Crippen LogP contribution in [0.4, 0.5) is 5.69 Å². The zero-order valence-electron chi connectivity index (χ0n) is 15.0. The number of benzene rings is 1. The summed E-state index contributed by atoms with van der Waals surface area (Å²) < 4.78 is 1.53. The van der Waals surface area contributed by atoms with E-state index in [-0.39, 0.29) is 29.6 Å². The topological polar surface area (TPSA) is 112 Å². The number of aromatic amines is 1. The third-order valence-corrected chi connectivity index (χ3v) is 4.75. The summed E-state index contributed by atoms with van der Waals surface area (Å²) >= 11 is 0. The molecule has 0 fully saturated rings. The Bertz CT molecular complexity index is 1150. The molecule has 2 aromatic heterocycles. The number of hydrogen-bond acceptors (Lipinski definition) is 5. The summed E-state index contributed by atoms with van der Waals surface area (Å²) in [4.78, 5) is 40.8. The number of rotatable bonds is 4. The molecular weight excluding hydrogens is 360 g/mol. The largest absolute Gasteiger partial charge is 0.345 e. The molecule has 9 nitrogen and oxygen atoms in total. The molecule has 1 aliphatic rings. The molecule has 1 aromatic carbocycles. The van der Waals surface area contributed by atoms with E-state index in [0.717, 1.165) is 17.7 Å². The van der Waals surface area contributed by atoms with Crippen LogP contribution in [0.15, 0.2) is 48.0 Å². The van der Waals surface area contributed by atoms with E-state index >= 15 is 0 Å².